The molecule has 0 saturated heterocycles. The van der Waals surface area contributed by atoms with Crippen molar-refractivity contribution in [1.82, 2.24) is 0 Å². The van der Waals surface area contributed by atoms with Crippen molar-refractivity contribution in [1.29, 1.82) is 0 Å². The first-order chi connectivity index (χ1) is 10.1. The van der Waals surface area contributed by atoms with Crippen LogP contribution in [-0.2, 0) is 16.0 Å². The first-order valence-corrected chi connectivity index (χ1v) is 7.06. The van der Waals surface area contributed by atoms with E-state index in [0.717, 1.165) is 6.54 Å². The zero-order valence-corrected chi connectivity index (χ0v) is 14.1. The van der Waals surface area contributed by atoms with Crippen LogP contribution in [0, 0.1) is 24.7 Å². The van der Waals surface area contributed by atoms with E-state index in [1.807, 2.05) is 18.2 Å². The third kappa shape index (κ3) is 6.52. The molecule has 1 rings (SSSR count). The highest BCUT2D eigenvalue weighted by molar-refractivity contribution is 5.13. The summed E-state index contributed by atoms with van der Waals surface area (Å²) in [6.07, 6.45) is 10.5. The van der Waals surface area contributed by atoms with E-state index in [1.54, 1.807) is 0 Å². The van der Waals surface area contributed by atoms with Crippen molar-refractivity contribution in [3.63, 3.8) is 0 Å². The predicted octanol–water partition coefficient (Wildman–Crippen LogP) is -0.370. The van der Waals surface area contributed by atoms with Crippen LogP contribution in [0.4, 0.5) is 0 Å². The maximum Gasteiger partial charge on any atom is 0.186 e. The average molecular weight is 322 g/mol. The van der Waals surface area contributed by atoms with Crippen molar-refractivity contribution in [3.8, 4) is 24.7 Å². The van der Waals surface area contributed by atoms with E-state index in [4.69, 9.17) is 22.3 Å². The van der Waals surface area contributed by atoms with Gasteiger partial charge in [-0.05, 0) is 13.8 Å². The van der Waals surface area contributed by atoms with E-state index in [2.05, 4.69) is 37.8 Å². The van der Waals surface area contributed by atoms with Crippen LogP contribution in [0.5, 0.6) is 0 Å². The van der Waals surface area contributed by atoms with Gasteiger partial charge in [0.2, 0.25) is 0 Å². The van der Waals surface area contributed by atoms with Gasteiger partial charge in [-0.3, -0.25) is 4.48 Å². The lowest BCUT2D eigenvalue weighted by molar-refractivity contribution is -0.992. The van der Waals surface area contributed by atoms with Gasteiger partial charge in [-0.25, -0.2) is 0 Å². The molecule has 22 heavy (non-hydrogen) atoms. The summed E-state index contributed by atoms with van der Waals surface area (Å²) in [4.78, 5) is 0. The molecule has 1 aromatic carbocycles. The molecule has 0 radical (unpaired) electrons. The van der Waals surface area contributed by atoms with E-state index < -0.39 is 0 Å². The van der Waals surface area contributed by atoms with Gasteiger partial charge >= 0.3 is 0 Å². The van der Waals surface area contributed by atoms with Crippen molar-refractivity contribution >= 4 is 0 Å². The summed E-state index contributed by atoms with van der Waals surface area (Å²) in [6.45, 7) is 6.73. The summed E-state index contributed by atoms with van der Waals surface area (Å²) in [6, 6.07) is 10.6. The zero-order valence-electron chi connectivity index (χ0n) is 13.3. The van der Waals surface area contributed by atoms with Crippen molar-refractivity contribution in [2.75, 3.05) is 26.7 Å². The Morgan fingerprint density at radius 2 is 1.50 bits per heavy atom. The third-order valence-corrected chi connectivity index (χ3v) is 3.50. The normalized spacial score (nSPS) is 10.6. The summed E-state index contributed by atoms with van der Waals surface area (Å²) in [5.41, 5.74) is 1.24. The molecule has 4 heteroatoms. The molecule has 0 heterocycles. The average Bonchev–Trinajstić information content (AvgIpc) is 2.48. The van der Waals surface area contributed by atoms with Crippen LogP contribution < -0.4 is 12.4 Å². The number of benzene rings is 1. The quantitative estimate of drug-likeness (QED) is 0.267. The second kappa shape index (κ2) is 11.1. The summed E-state index contributed by atoms with van der Waals surface area (Å²) < 4.78 is 11.9. The number of nitrogens with zero attached hydrogens (tertiary/aromatic N) is 1. The van der Waals surface area contributed by atoms with Crippen molar-refractivity contribution in [2.24, 2.45) is 0 Å². The first kappa shape index (κ1) is 20.5. The molecule has 3 nitrogen and oxygen atoms in total. The highest BCUT2D eigenvalue weighted by Crippen LogP contribution is 2.20. The summed E-state index contributed by atoms with van der Waals surface area (Å²) in [7, 11) is 0. The molecule has 0 amide bonds. The lowest BCUT2D eigenvalue weighted by Crippen LogP contribution is -3.00. The number of halogens is 1. The van der Waals surface area contributed by atoms with E-state index in [1.165, 1.54) is 5.56 Å². The number of hydrogen-bond donors (Lipinski definition) is 0. The summed E-state index contributed by atoms with van der Waals surface area (Å²) >= 11 is 0. The molecule has 0 unspecified atom stereocenters. The van der Waals surface area contributed by atoms with Gasteiger partial charge in [0.15, 0.2) is 13.5 Å². The van der Waals surface area contributed by atoms with Gasteiger partial charge in [0.1, 0.15) is 19.8 Å². The van der Waals surface area contributed by atoms with Gasteiger partial charge in [0.05, 0.1) is 6.04 Å². The standard InChI is InChI=1S/C18H24NO2.ClH/c1-5-12-20-15-19(17(3)4,16-21-13-6-2)14-18-10-8-7-9-11-18;/h1-2,7-11,17H,12-16H2,3-4H3;1H/q+1;/p-1. The number of rotatable bonds is 9. The highest BCUT2D eigenvalue weighted by atomic mass is 35.5. The maximum atomic E-state index is 5.62. The Bertz CT molecular complexity index is 468. The van der Waals surface area contributed by atoms with Gasteiger partial charge < -0.3 is 21.9 Å². The molecule has 0 bridgehead atoms. The van der Waals surface area contributed by atoms with Gasteiger partial charge in [0, 0.05) is 5.56 Å². The Morgan fingerprint density at radius 3 is 1.91 bits per heavy atom. The van der Waals surface area contributed by atoms with E-state index in [9.17, 15) is 0 Å². The van der Waals surface area contributed by atoms with Crippen molar-refractivity contribution in [2.45, 2.75) is 26.4 Å². The molecular weight excluding hydrogens is 298 g/mol. The van der Waals surface area contributed by atoms with Crippen LogP contribution in [0.15, 0.2) is 30.3 Å². The number of ether oxygens (including phenoxy) is 2. The molecule has 0 N–H and O–H groups in total. The molecular formula is C18H24ClNO2. The van der Waals surface area contributed by atoms with Crippen LogP contribution in [-0.4, -0.2) is 37.2 Å². The molecule has 0 saturated carbocycles. The van der Waals surface area contributed by atoms with Crippen molar-refractivity contribution < 1.29 is 26.4 Å². The Morgan fingerprint density at radius 1 is 1.00 bits per heavy atom. The van der Waals surface area contributed by atoms with Crippen LogP contribution >= 0.6 is 0 Å². The Kier molecular flexibility index (Phi) is 10.4. The fourth-order valence-corrected chi connectivity index (χ4v) is 2.13. The highest BCUT2D eigenvalue weighted by Gasteiger charge is 2.32. The van der Waals surface area contributed by atoms with E-state index in [-0.39, 0.29) is 12.4 Å². The number of quaternary nitrogens is 1. The molecule has 120 valence electrons. The van der Waals surface area contributed by atoms with E-state index >= 15 is 0 Å². The zero-order chi connectivity index (χ0) is 15.6. The fourth-order valence-electron chi connectivity index (χ4n) is 2.13. The third-order valence-electron chi connectivity index (χ3n) is 3.50. The second-order valence-corrected chi connectivity index (χ2v) is 5.32. The molecule has 0 fully saturated rings. The van der Waals surface area contributed by atoms with Gasteiger partial charge in [-0.15, -0.1) is 12.8 Å². The minimum Gasteiger partial charge on any atom is -1.00 e. The molecule has 0 aliphatic rings. The monoisotopic (exact) mass is 321 g/mol. The fraction of sp³-hybridized carbons (Fsp3) is 0.444. The number of terminal acetylenes is 2. The van der Waals surface area contributed by atoms with Gasteiger partial charge in [-0.2, -0.15) is 0 Å². The van der Waals surface area contributed by atoms with Crippen LogP contribution in [0.3, 0.4) is 0 Å². The Hall–Kier alpha value is -1.49. The molecule has 0 spiro atoms. The SMILES string of the molecule is C#CCOC[N+](COCC#C)(Cc1ccccc1)C(C)C.[Cl-]. The van der Waals surface area contributed by atoms with Crippen LogP contribution in [0.25, 0.3) is 0 Å². The molecule has 0 atom stereocenters. The summed E-state index contributed by atoms with van der Waals surface area (Å²) in [5, 5.41) is 0. The predicted molar refractivity (Wildman–Crippen MR) is 84.8 cm³/mol. The van der Waals surface area contributed by atoms with Crippen LogP contribution in [0.2, 0.25) is 0 Å². The molecule has 0 aliphatic carbocycles. The molecule has 0 aliphatic heterocycles. The Labute approximate surface area is 140 Å². The number of hydrogen-bond acceptors (Lipinski definition) is 2. The lowest BCUT2D eigenvalue weighted by Gasteiger charge is -2.41. The molecule has 0 aromatic heterocycles. The largest absolute Gasteiger partial charge is 1.00 e. The topological polar surface area (TPSA) is 18.5 Å². The summed E-state index contributed by atoms with van der Waals surface area (Å²) in [5.74, 6) is 5.01. The lowest BCUT2D eigenvalue weighted by atomic mass is 10.1. The van der Waals surface area contributed by atoms with Gasteiger partial charge in [-0.1, -0.05) is 42.2 Å². The molecule has 1 aromatic rings. The van der Waals surface area contributed by atoms with Crippen LogP contribution in [0.1, 0.15) is 19.4 Å². The van der Waals surface area contributed by atoms with Gasteiger partial charge in [0.25, 0.3) is 0 Å². The van der Waals surface area contributed by atoms with Crippen molar-refractivity contribution in [3.05, 3.63) is 35.9 Å². The van der Waals surface area contributed by atoms with E-state index in [0.29, 0.717) is 37.2 Å². The minimum absolute atomic E-state index is 0. The first-order valence-electron chi connectivity index (χ1n) is 7.06. The Balaban J connectivity index is 0.00000441. The minimum atomic E-state index is 0. The maximum absolute atomic E-state index is 5.62. The second-order valence-electron chi connectivity index (χ2n) is 5.32. The smallest absolute Gasteiger partial charge is 0.186 e.